The first-order chi connectivity index (χ1) is 11.5. The summed E-state index contributed by atoms with van der Waals surface area (Å²) in [4.78, 5) is 21.0. The van der Waals surface area contributed by atoms with E-state index in [1.807, 2.05) is 6.07 Å². The minimum atomic E-state index is -1.04. The fraction of sp³-hybridized carbons (Fsp3) is 0.111. The van der Waals surface area contributed by atoms with E-state index in [4.69, 9.17) is 0 Å². The molecule has 1 N–H and O–H groups in total. The van der Waals surface area contributed by atoms with Gasteiger partial charge in [0.25, 0.3) is 5.91 Å². The molecule has 0 radical (unpaired) electrons. The molecular weight excluding hydrogens is 312 g/mol. The first kappa shape index (κ1) is 15.9. The van der Waals surface area contributed by atoms with Gasteiger partial charge in [-0.15, -0.1) is 0 Å². The van der Waals surface area contributed by atoms with Gasteiger partial charge in [-0.25, -0.2) is 13.8 Å². The maximum absolute atomic E-state index is 14.2. The highest BCUT2D eigenvalue weighted by Gasteiger charge is 2.20. The summed E-state index contributed by atoms with van der Waals surface area (Å²) in [5, 5.41) is 0.790. The Labute approximate surface area is 137 Å². The number of pyridine rings is 1. The fourth-order valence-corrected chi connectivity index (χ4v) is 2.46. The van der Waals surface area contributed by atoms with Crippen molar-refractivity contribution in [2.24, 2.45) is 0 Å². The highest BCUT2D eigenvalue weighted by Crippen LogP contribution is 2.27. The summed E-state index contributed by atoms with van der Waals surface area (Å²) in [6.45, 7) is 0. The predicted molar refractivity (Wildman–Crippen MR) is 89.0 cm³/mol. The number of fused-ring (bicyclic) bond motifs is 1. The Hall–Kier alpha value is -3.02. The number of aromatic amines is 1. The predicted octanol–water partition coefficient (Wildman–Crippen LogP) is 3.47. The Bertz CT molecular complexity index is 944. The number of carbonyl (C=O) groups is 1. The van der Waals surface area contributed by atoms with Crippen LogP contribution in [0.5, 0.6) is 0 Å². The maximum Gasteiger partial charge on any atom is 0.254 e. The SMILES string of the molecule is CN(C)C(=O)C(=Cc1c[nH]c2ncccc12)c1cccc(F)c1F. The van der Waals surface area contributed by atoms with Crippen molar-refractivity contribution in [3.05, 3.63) is 65.5 Å². The van der Waals surface area contributed by atoms with Crippen LogP contribution in [0.4, 0.5) is 8.78 Å². The number of aromatic nitrogens is 2. The van der Waals surface area contributed by atoms with Crippen LogP contribution in [0, 0.1) is 11.6 Å². The van der Waals surface area contributed by atoms with E-state index in [2.05, 4.69) is 9.97 Å². The third-order valence-corrected chi connectivity index (χ3v) is 3.66. The normalized spacial score (nSPS) is 11.8. The van der Waals surface area contributed by atoms with Crippen LogP contribution in [0.25, 0.3) is 22.7 Å². The van der Waals surface area contributed by atoms with Crippen LogP contribution >= 0.6 is 0 Å². The molecule has 0 atom stereocenters. The number of carbonyl (C=O) groups excluding carboxylic acids is 1. The molecule has 0 aliphatic heterocycles. The third-order valence-electron chi connectivity index (χ3n) is 3.66. The molecule has 4 nitrogen and oxygen atoms in total. The lowest BCUT2D eigenvalue weighted by molar-refractivity contribution is -0.122. The molecule has 2 aromatic heterocycles. The van der Waals surface area contributed by atoms with Gasteiger partial charge in [-0.1, -0.05) is 12.1 Å². The molecule has 0 aliphatic carbocycles. The summed E-state index contributed by atoms with van der Waals surface area (Å²) in [7, 11) is 3.12. The molecule has 1 aromatic carbocycles. The molecule has 24 heavy (non-hydrogen) atoms. The van der Waals surface area contributed by atoms with Gasteiger partial charge in [-0.2, -0.15) is 0 Å². The fourth-order valence-electron chi connectivity index (χ4n) is 2.46. The summed E-state index contributed by atoms with van der Waals surface area (Å²) in [6, 6.07) is 7.39. The van der Waals surface area contributed by atoms with Crippen LogP contribution in [0.3, 0.4) is 0 Å². The highest BCUT2D eigenvalue weighted by atomic mass is 19.2. The zero-order valence-corrected chi connectivity index (χ0v) is 13.2. The van der Waals surface area contributed by atoms with E-state index in [1.165, 1.54) is 17.0 Å². The van der Waals surface area contributed by atoms with Gasteiger partial charge in [-0.3, -0.25) is 4.79 Å². The average Bonchev–Trinajstić information content (AvgIpc) is 2.98. The van der Waals surface area contributed by atoms with Crippen LogP contribution in [0.15, 0.2) is 42.7 Å². The molecule has 3 rings (SSSR count). The minimum absolute atomic E-state index is 0.0711. The zero-order chi connectivity index (χ0) is 17.3. The molecule has 1 amide bonds. The van der Waals surface area contributed by atoms with E-state index in [0.717, 1.165) is 11.5 Å². The lowest BCUT2D eigenvalue weighted by atomic mass is 10.0. The van der Waals surface area contributed by atoms with Crippen molar-refractivity contribution in [2.45, 2.75) is 0 Å². The Morgan fingerprint density at radius 3 is 2.75 bits per heavy atom. The van der Waals surface area contributed by atoms with Crippen molar-refractivity contribution in [3.63, 3.8) is 0 Å². The number of hydrogen-bond donors (Lipinski definition) is 1. The maximum atomic E-state index is 14.2. The molecule has 6 heteroatoms. The van der Waals surface area contributed by atoms with Crippen LogP contribution in [0.2, 0.25) is 0 Å². The molecule has 0 saturated carbocycles. The summed E-state index contributed by atoms with van der Waals surface area (Å²) in [6.07, 6.45) is 4.86. The van der Waals surface area contributed by atoms with Crippen molar-refractivity contribution < 1.29 is 13.6 Å². The number of hydrogen-bond acceptors (Lipinski definition) is 2. The summed E-state index contributed by atoms with van der Waals surface area (Å²) >= 11 is 0. The van der Waals surface area contributed by atoms with E-state index in [1.54, 1.807) is 38.6 Å². The van der Waals surface area contributed by atoms with E-state index >= 15 is 0 Å². The van der Waals surface area contributed by atoms with E-state index in [-0.39, 0.29) is 11.1 Å². The van der Waals surface area contributed by atoms with Crippen LogP contribution in [-0.2, 0) is 4.79 Å². The third kappa shape index (κ3) is 2.78. The number of H-pyrrole nitrogens is 1. The van der Waals surface area contributed by atoms with Gasteiger partial charge in [0.1, 0.15) is 5.65 Å². The molecule has 0 unspecified atom stereocenters. The zero-order valence-electron chi connectivity index (χ0n) is 13.2. The lowest BCUT2D eigenvalue weighted by Gasteiger charge is -2.14. The number of nitrogens with one attached hydrogen (secondary N) is 1. The van der Waals surface area contributed by atoms with Crippen LogP contribution in [0.1, 0.15) is 11.1 Å². The van der Waals surface area contributed by atoms with Gasteiger partial charge in [-0.05, 0) is 24.3 Å². The van der Waals surface area contributed by atoms with Crippen molar-refractivity contribution >= 4 is 28.6 Å². The second-order valence-electron chi connectivity index (χ2n) is 5.50. The monoisotopic (exact) mass is 327 g/mol. The van der Waals surface area contributed by atoms with E-state index in [9.17, 15) is 13.6 Å². The van der Waals surface area contributed by atoms with E-state index in [0.29, 0.717) is 11.2 Å². The molecule has 122 valence electrons. The van der Waals surface area contributed by atoms with Crippen molar-refractivity contribution in [2.75, 3.05) is 14.1 Å². The van der Waals surface area contributed by atoms with Crippen LogP contribution < -0.4 is 0 Å². The van der Waals surface area contributed by atoms with Gasteiger partial charge in [0.05, 0.1) is 5.57 Å². The summed E-state index contributed by atoms with van der Waals surface area (Å²) in [5.74, 6) is -2.46. The Morgan fingerprint density at radius 2 is 2.00 bits per heavy atom. The van der Waals surface area contributed by atoms with Gasteiger partial charge in [0, 0.05) is 43.0 Å². The quantitative estimate of drug-likeness (QED) is 0.749. The number of amides is 1. The standard InChI is InChI=1S/C18H15F2N3O/c1-23(2)18(24)14(13-5-3-7-15(19)16(13)20)9-11-10-22-17-12(11)6-4-8-21-17/h3-10H,1-2H3,(H,21,22). The second-order valence-corrected chi connectivity index (χ2v) is 5.50. The van der Waals surface area contributed by atoms with Crippen molar-refractivity contribution in [1.29, 1.82) is 0 Å². The second kappa shape index (κ2) is 6.23. The number of nitrogens with zero attached hydrogens (tertiary/aromatic N) is 2. The molecule has 0 spiro atoms. The van der Waals surface area contributed by atoms with Gasteiger partial charge in [0.15, 0.2) is 11.6 Å². The summed E-state index contributed by atoms with van der Waals surface area (Å²) < 4.78 is 27.8. The van der Waals surface area contributed by atoms with Gasteiger partial charge >= 0.3 is 0 Å². The topological polar surface area (TPSA) is 49.0 Å². The Balaban J connectivity index is 2.22. The number of halogens is 2. The highest BCUT2D eigenvalue weighted by molar-refractivity contribution is 6.24. The number of rotatable bonds is 3. The first-order valence-corrected chi connectivity index (χ1v) is 7.29. The summed E-state index contributed by atoms with van der Waals surface area (Å²) in [5.41, 5.74) is 1.32. The Kier molecular flexibility index (Phi) is 4.12. The van der Waals surface area contributed by atoms with Gasteiger partial charge < -0.3 is 9.88 Å². The molecule has 0 saturated heterocycles. The average molecular weight is 327 g/mol. The minimum Gasteiger partial charge on any atom is -0.346 e. The van der Waals surface area contributed by atoms with Crippen molar-refractivity contribution in [1.82, 2.24) is 14.9 Å². The van der Waals surface area contributed by atoms with Crippen LogP contribution in [-0.4, -0.2) is 34.9 Å². The lowest BCUT2D eigenvalue weighted by Crippen LogP contribution is -2.23. The van der Waals surface area contributed by atoms with Crippen molar-refractivity contribution in [3.8, 4) is 0 Å². The van der Waals surface area contributed by atoms with Gasteiger partial charge in [0.2, 0.25) is 0 Å². The smallest absolute Gasteiger partial charge is 0.254 e. The number of benzene rings is 1. The molecular formula is C18H15F2N3O. The van der Waals surface area contributed by atoms with E-state index < -0.39 is 17.5 Å². The molecule has 2 heterocycles. The molecule has 0 aliphatic rings. The number of likely N-dealkylation sites (N-methyl/N-ethyl adjacent to an activating group) is 1. The molecule has 3 aromatic rings. The molecule has 0 bridgehead atoms. The Morgan fingerprint density at radius 1 is 1.21 bits per heavy atom. The first-order valence-electron chi connectivity index (χ1n) is 7.29. The largest absolute Gasteiger partial charge is 0.346 e. The molecule has 0 fully saturated rings.